The molecule has 7 heteroatoms. The second-order valence-electron chi connectivity index (χ2n) is 6.87. The van der Waals surface area contributed by atoms with Gasteiger partial charge in [0, 0.05) is 31.7 Å². The lowest BCUT2D eigenvalue weighted by molar-refractivity contribution is 0.0963. The molecule has 1 aliphatic heterocycles. The number of likely N-dealkylation sites (N-methyl/N-ethyl adjacent to an activating group) is 1. The van der Waals surface area contributed by atoms with E-state index < -0.39 is 10.0 Å². The minimum Gasteiger partial charge on any atom is -0.355 e. The summed E-state index contributed by atoms with van der Waals surface area (Å²) in [5.41, 5.74) is 0.349. The third kappa shape index (κ3) is 3.63. The molecule has 2 rings (SSSR count). The molecule has 0 radical (unpaired) electrons. The molecule has 0 aliphatic carbocycles. The van der Waals surface area contributed by atoms with Crippen LogP contribution in [-0.4, -0.2) is 63.8 Å². The van der Waals surface area contributed by atoms with Crippen molar-refractivity contribution in [1.82, 2.24) is 14.5 Å². The van der Waals surface area contributed by atoms with Gasteiger partial charge in [0.1, 0.15) is 0 Å². The van der Waals surface area contributed by atoms with E-state index in [1.807, 2.05) is 14.1 Å². The summed E-state index contributed by atoms with van der Waals surface area (Å²) in [5, 5.41) is 2.52. The molecule has 6 nitrogen and oxygen atoms in total. The van der Waals surface area contributed by atoms with Crippen LogP contribution in [0.5, 0.6) is 0 Å². The van der Waals surface area contributed by atoms with Crippen molar-refractivity contribution in [2.24, 2.45) is 11.8 Å². The standard InChI is InChI=1S/C17H27N3O3S/c1-12(2)15-10-20(11-16(15)19(4)5)24(22,23)14-8-6-7-13(9-14)17(21)18-3/h6-9,12,15-16H,10-11H2,1-5H3,(H,18,21)/t15-,16+/m1/s1. The largest absolute Gasteiger partial charge is 0.355 e. The summed E-state index contributed by atoms with van der Waals surface area (Å²) in [6, 6.07) is 6.41. The molecule has 1 N–H and O–H groups in total. The van der Waals surface area contributed by atoms with Gasteiger partial charge in [-0.05, 0) is 44.1 Å². The summed E-state index contributed by atoms with van der Waals surface area (Å²) < 4.78 is 27.6. The highest BCUT2D eigenvalue weighted by atomic mass is 32.2. The normalized spacial score (nSPS) is 22.3. The van der Waals surface area contributed by atoms with Crippen LogP contribution in [0.4, 0.5) is 0 Å². The maximum Gasteiger partial charge on any atom is 0.251 e. The number of amides is 1. The zero-order valence-corrected chi connectivity index (χ0v) is 15.8. The molecular formula is C17H27N3O3S. The van der Waals surface area contributed by atoms with E-state index in [1.165, 1.54) is 13.1 Å². The monoisotopic (exact) mass is 353 g/mol. The number of carbonyl (C=O) groups excluding carboxylic acids is 1. The first-order chi connectivity index (χ1) is 11.2. The lowest BCUT2D eigenvalue weighted by Gasteiger charge is -2.27. The first-order valence-electron chi connectivity index (χ1n) is 8.17. The second kappa shape index (κ2) is 7.21. The Morgan fingerprint density at radius 3 is 2.46 bits per heavy atom. The van der Waals surface area contributed by atoms with E-state index in [2.05, 4.69) is 24.1 Å². The molecule has 0 bridgehead atoms. The van der Waals surface area contributed by atoms with Crippen LogP contribution in [0, 0.1) is 11.8 Å². The Bertz CT molecular complexity index is 685. The zero-order chi connectivity index (χ0) is 18.1. The van der Waals surface area contributed by atoms with Crippen LogP contribution in [0.15, 0.2) is 29.2 Å². The van der Waals surface area contributed by atoms with Crippen LogP contribution in [0.1, 0.15) is 24.2 Å². The van der Waals surface area contributed by atoms with Crippen LogP contribution in [0.3, 0.4) is 0 Å². The molecule has 0 spiro atoms. The first-order valence-corrected chi connectivity index (χ1v) is 9.61. The molecule has 1 aromatic carbocycles. The van der Waals surface area contributed by atoms with Gasteiger partial charge in [-0.15, -0.1) is 0 Å². The Kier molecular flexibility index (Phi) is 5.67. The fraction of sp³-hybridized carbons (Fsp3) is 0.588. The molecule has 24 heavy (non-hydrogen) atoms. The van der Waals surface area contributed by atoms with Crippen LogP contribution in [0.2, 0.25) is 0 Å². The van der Waals surface area contributed by atoms with E-state index in [9.17, 15) is 13.2 Å². The van der Waals surface area contributed by atoms with Gasteiger partial charge in [-0.3, -0.25) is 4.79 Å². The molecule has 2 atom stereocenters. The van der Waals surface area contributed by atoms with Crippen molar-refractivity contribution in [3.05, 3.63) is 29.8 Å². The SMILES string of the molecule is CNC(=O)c1cccc(S(=O)(=O)N2C[C@H](C(C)C)[C@@H](N(C)C)C2)c1. The predicted octanol–water partition coefficient (Wildman–Crippen LogP) is 1.25. The van der Waals surface area contributed by atoms with Crippen LogP contribution in [-0.2, 0) is 10.0 Å². The number of hydrogen-bond donors (Lipinski definition) is 1. The number of hydrogen-bond acceptors (Lipinski definition) is 4. The van der Waals surface area contributed by atoms with Crippen LogP contribution >= 0.6 is 0 Å². The Morgan fingerprint density at radius 2 is 1.96 bits per heavy atom. The minimum atomic E-state index is -3.61. The average molecular weight is 353 g/mol. The summed E-state index contributed by atoms with van der Waals surface area (Å²) in [4.78, 5) is 14.0. The van der Waals surface area contributed by atoms with Crippen molar-refractivity contribution < 1.29 is 13.2 Å². The lowest BCUT2D eigenvalue weighted by atomic mass is 9.91. The number of nitrogens with one attached hydrogen (secondary N) is 1. The molecule has 1 heterocycles. The van der Waals surface area contributed by atoms with Gasteiger partial charge in [-0.25, -0.2) is 8.42 Å². The number of rotatable bonds is 5. The molecule has 134 valence electrons. The number of nitrogens with zero attached hydrogens (tertiary/aromatic N) is 2. The van der Waals surface area contributed by atoms with E-state index in [-0.39, 0.29) is 22.8 Å². The Labute approximate surface area is 144 Å². The fourth-order valence-electron chi connectivity index (χ4n) is 3.26. The number of sulfonamides is 1. The molecular weight excluding hydrogens is 326 g/mol. The van der Waals surface area contributed by atoms with Crippen molar-refractivity contribution in [1.29, 1.82) is 0 Å². The predicted molar refractivity (Wildman–Crippen MR) is 94.4 cm³/mol. The highest BCUT2D eigenvalue weighted by Crippen LogP contribution is 2.31. The smallest absolute Gasteiger partial charge is 0.251 e. The Balaban J connectivity index is 2.33. The van der Waals surface area contributed by atoms with Crippen molar-refractivity contribution in [2.75, 3.05) is 34.2 Å². The van der Waals surface area contributed by atoms with Crippen molar-refractivity contribution in [3.8, 4) is 0 Å². The minimum absolute atomic E-state index is 0.172. The second-order valence-corrected chi connectivity index (χ2v) is 8.81. The molecule has 1 amide bonds. The van der Waals surface area contributed by atoms with Gasteiger partial charge >= 0.3 is 0 Å². The van der Waals surface area contributed by atoms with Gasteiger partial charge < -0.3 is 10.2 Å². The zero-order valence-electron chi connectivity index (χ0n) is 15.0. The van der Waals surface area contributed by atoms with E-state index in [1.54, 1.807) is 22.5 Å². The molecule has 1 saturated heterocycles. The van der Waals surface area contributed by atoms with Gasteiger partial charge in [0.25, 0.3) is 5.91 Å². The van der Waals surface area contributed by atoms with E-state index in [0.29, 0.717) is 24.6 Å². The van der Waals surface area contributed by atoms with Gasteiger partial charge in [-0.2, -0.15) is 4.31 Å². The number of benzene rings is 1. The highest BCUT2D eigenvalue weighted by Gasteiger charge is 2.41. The highest BCUT2D eigenvalue weighted by molar-refractivity contribution is 7.89. The van der Waals surface area contributed by atoms with Gasteiger partial charge in [-0.1, -0.05) is 19.9 Å². The quantitative estimate of drug-likeness (QED) is 0.865. The van der Waals surface area contributed by atoms with Gasteiger partial charge in [0.2, 0.25) is 10.0 Å². The van der Waals surface area contributed by atoms with Crippen molar-refractivity contribution in [2.45, 2.75) is 24.8 Å². The van der Waals surface area contributed by atoms with E-state index in [0.717, 1.165) is 0 Å². The maximum absolute atomic E-state index is 13.0. The topological polar surface area (TPSA) is 69.7 Å². The van der Waals surface area contributed by atoms with E-state index >= 15 is 0 Å². The van der Waals surface area contributed by atoms with Gasteiger partial charge in [0.05, 0.1) is 4.90 Å². The summed E-state index contributed by atoms with van der Waals surface area (Å²) in [5.74, 6) is 0.395. The average Bonchev–Trinajstić information content (AvgIpc) is 3.01. The Morgan fingerprint density at radius 1 is 1.29 bits per heavy atom. The molecule has 0 saturated carbocycles. The Hall–Kier alpha value is -1.44. The maximum atomic E-state index is 13.0. The molecule has 1 aromatic rings. The van der Waals surface area contributed by atoms with Gasteiger partial charge in [0.15, 0.2) is 0 Å². The van der Waals surface area contributed by atoms with E-state index in [4.69, 9.17) is 0 Å². The summed E-state index contributed by atoms with van der Waals surface area (Å²) in [7, 11) is 1.89. The first kappa shape index (κ1) is 18.9. The molecule has 0 unspecified atom stereocenters. The van der Waals surface area contributed by atoms with Crippen LogP contribution in [0.25, 0.3) is 0 Å². The third-order valence-electron chi connectivity index (χ3n) is 4.78. The van der Waals surface area contributed by atoms with Crippen molar-refractivity contribution in [3.63, 3.8) is 0 Å². The third-order valence-corrected chi connectivity index (χ3v) is 6.61. The molecule has 1 aliphatic rings. The van der Waals surface area contributed by atoms with Crippen LogP contribution < -0.4 is 5.32 Å². The summed E-state index contributed by atoms with van der Waals surface area (Å²) in [6.07, 6.45) is 0. The fourth-order valence-corrected chi connectivity index (χ4v) is 4.81. The lowest BCUT2D eigenvalue weighted by Crippen LogP contribution is -2.37. The number of carbonyl (C=O) groups is 1. The van der Waals surface area contributed by atoms with Crippen molar-refractivity contribution >= 4 is 15.9 Å². The summed E-state index contributed by atoms with van der Waals surface area (Å²) >= 11 is 0. The summed E-state index contributed by atoms with van der Waals surface area (Å²) in [6.45, 7) is 5.24. The molecule has 1 fully saturated rings. The molecule has 0 aromatic heterocycles.